The molecule has 9 unspecified atom stereocenters. The zero-order valence-corrected chi connectivity index (χ0v) is 43.6. The van der Waals surface area contributed by atoms with Crippen molar-refractivity contribution < 1.29 is 9.59 Å². The van der Waals surface area contributed by atoms with Crippen LogP contribution in [0, 0.1) is 47.3 Å². The molecule has 0 aromatic heterocycles. The largest absolute Gasteiger partial charge is 0.332 e. The van der Waals surface area contributed by atoms with Crippen molar-refractivity contribution in [2.45, 2.75) is 201 Å². The van der Waals surface area contributed by atoms with Gasteiger partial charge in [-0.2, -0.15) is 11.8 Å². The number of halogens is 3. The van der Waals surface area contributed by atoms with E-state index in [0.717, 1.165) is 72.4 Å². The molecule has 11 aliphatic rings. The molecule has 7 saturated heterocycles. The molecular weight excluding hydrogens is 1140 g/mol. The van der Waals surface area contributed by atoms with E-state index in [9.17, 15) is 9.59 Å². The summed E-state index contributed by atoms with van der Waals surface area (Å²) in [5.74, 6) is 7.00. The van der Waals surface area contributed by atoms with Gasteiger partial charge in [0.1, 0.15) is 0 Å². The van der Waals surface area contributed by atoms with E-state index >= 15 is 0 Å². The van der Waals surface area contributed by atoms with Crippen LogP contribution in [0.5, 0.6) is 0 Å². The van der Waals surface area contributed by atoms with Gasteiger partial charge in [-0.05, 0) is 157 Å². The van der Waals surface area contributed by atoms with Gasteiger partial charge in [-0.1, -0.05) is 80.4 Å². The van der Waals surface area contributed by atoms with Crippen molar-refractivity contribution in [3.63, 3.8) is 0 Å². The molecule has 8 bridgehead atoms. The molecule has 7 aliphatic heterocycles. The van der Waals surface area contributed by atoms with Crippen LogP contribution in [0.4, 0.5) is 4.79 Å². The lowest BCUT2D eigenvalue weighted by atomic mass is 9.76. The fourth-order valence-corrected chi connectivity index (χ4v) is 16.9. The Balaban J connectivity index is 0.000000178. The van der Waals surface area contributed by atoms with Gasteiger partial charge in [-0.25, -0.2) is 4.79 Å². The van der Waals surface area contributed by atoms with E-state index in [1.807, 2.05) is 11.8 Å². The predicted octanol–water partition coefficient (Wildman–Crippen LogP) is 4.68. The van der Waals surface area contributed by atoms with E-state index < -0.39 is 1.55 Å². The summed E-state index contributed by atoms with van der Waals surface area (Å²) in [5.41, 5.74) is 5.83. The first-order valence-corrected chi connectivity index (χ1v) is 29.4. The summed E-state index contributed by atoms with van der Waals surface area (Å²) in [4.78, 5) is 23.2. The second-order valence-electron chi connectivity index (χ2n) is 21.0. The minimum absolute atomic E-state index is 0.0451. The highest BCUT2D eigenvalue weighted by molar-refractivity contribution is 14.2. The normalized spacial score (nSPS) is 47.4. The third kappa shape index (κ3) is 10.00. The third-order valence-electron chi connectivity index (χ3n) is 17.5. The number of hydrogen-bond donors (Lipinski definition) is 12. The number of carbonyl (C=O) groups is 2. The number of amides is 3. The molecule has 0 spiro atoms. The molecule has 0 aromatic rings. The SMILES string of the molecule is C1CCC2C3NC(NC4NC(NC5NC(NC6NC(N3)C3CCCCC63)C3CCCCC53)C3CCCCC43)C2C1.NC(I)C(I)(I)NC(=O)CCCC[C@@H]1SC[C@@H]2NC(=O)N[C@@H]21. The fourth-order valence-electron chi connectivity index (χ4n) is 14.6. The van der Waals surface area contributed by atoms with Crippen LogP contribution in [0.2, 0.25) is 0 Å². The van der Waals surface area contributed by atoms with Gasteiger partial charge in [0.05, 0.1) is 65.5 Å². The van der Waals surface area contributed by atoms with E-state index in [0.29, 0.717) is 61.0 Å². The Morgan fingerprint density at radius 2 is 0.935 bits per heavy atom. The molecule has 11 fully saturated rings. The quantitative estimate of drug-likeness (QED) is 0.0556. The van der Waals surface area contributed by atoms with E-state index in [1.165, 1.54) is 103 Å². The zero-order chi connectivity index (χ0) is 42.5. The van der Waals surface area contributed by atoms with Crippen molar-refractivity contribution in [3.05, 3.63) is 0 Å². The van der Waals surface area contributed by atoms with Crippen molar-refractivity contribution in [3.8, 4) is 0 Å². The highest BCUT2D eigenvalue weighted by Crippen LogP contribution is 2.46. The predicted molar refractivity (Wildman–Crippen MR) is 272 cm³/mol. The lowest BCUT2D eigenvalue weighted by molar-refractivity contribution is -0.121. The first-order valence-electron chi connectivity index (χ1n) is 24.9. The van der Waals surface area contributed by atoms with Crippen LogP contribution in [0.1, 0.15) is 128 Å². The molecule has 0 aromatic carbocycles. The second kappa shape index (κ2) is 20.5. The van der Waals surface area contributed by atoms with Crippen molar-refractivity contribution >= 4 is 91.5 Å². The summed E-state index contributed by atoms with van der Waals surface area (Å²) in [6.07, 6.45) is 29.0. The van der Waals surface area contributed by atoms with Crippen LogP contribution < -0.4 is 64.2 Å². The molecule has 14 nitrogen and oxygen atoms in total. The number of thioether (sulfide) groups is 1. The summed E-state index contributed by atoms with van der Waals surface area (Å²) >= 11 is 8.35. The van der Waals surface area contributed by atoms with Crippen LogP contribution in [0.3, 0.4) is 0 Å². The lowest BCUT2D eigenvalue weighted by Crippen LogP contribution is -2.61. The number of nitrogens with one attached hydrogen (secondary N) is 11. The van der Waals surface area contributed by atoms with Crippen LogP contribution in [0.25, 0.3) is 0 Å². The first kappa shape index (κ1) is 46.6. The van der Waals surface area contributed by atoms with Gasteiger partial charge in [0.15, 0.2) is 1.55 Å². The van der Waals surface area contributed by atoms with Gasteiger partial charge in [0.25, 0.3) is 0 Å². The van der Waals surface area contributed by atoms with Crippen molar-refractivity contribution in [2.24, 2.45) is 53.1 Å². The smallest absolute Gasteiger partial charge is 0.315 e. The molecule has 4 saturated carbocycles. The Bertz CT molecular complexity index is 1370. The molecule has 3 amide bonds. The van der Waals surface area contributed by atoms with Crippen molar-refractivity contribution in [2.75, 3.05) is 5.75 Å². The summed E-state index contributed by atoms with van der Waals surface area (Å²) in [6, 6.07) is 0.476. The summed E-state index contributed by atoms with van der Waals surface area (Å²) < 4.78 is -0.581. The number of rotatable bonds is 7. The highest BCUT2D eigenvalue weighted by Gasteiger charge is 2.54. The third-order valence-corrected chi connectivity index (χ3v) is 24.2. The van der Waals surface area contributed by atoms with E-state index in [2.05, 4.69) is 126 Å². The molecule has 18 heteroatoms. The lowest BCUT2D eigenvalue weighted by Gasteiger charge is -2.35. The number of unbranched alkanes of at least 4 members (excludes halogenated alkanes) is 1. The number of fused-ring (bicyclic) bond motifs is 21. The topological polar surface area (TPSA) is 192 Å². The molecule has 0 radical (unpaired) electrons. The molecule has 350 valence electrons. The Labute approximate surface area is 415 Å². The van der Waals surface area contributed by atoms with Crippen LogP contribution in [-0.2, 0) is 4.79 Å². The first-order chi connectivity index (χ1) is 30.1. The van der Waals surface area contributed by atoms with Crippen molar-refractivity contribution in [1.29, 1.82) is 0 Å². The Hall–Kier alpha value is 0.920. The zero-order valence-electron chi connectivity index (χ0n) is 36.3. The van der Waals surface area contributed by atoms with Crippen LogP contribution in [-0.4, -0.2) is 90.0 Å². The minimum Gasteiger partial charge on any atom is -0.332 e. The van der Waals surface area contributed by atoms with Crippen LogP contribution >= 0.6 is 79.5 Å². The Morgan fingerprint density at radius 1 is 0.597 bits per heavy atom. The summed E-state index contributed by atoms with van der Waals surface area (Å²) in [6.45, 7) is 0. The van der Waals surface area contributed by atoms with Crippen LogP contribution in [0.15, 0.2) is 0 Å². The number of alkyl halides is 3. The highest BCUT2D eigenvalue weighted by atomic mass is 127. The Morgan fingerprint density at radius 3 is 1.26 bits per heavy atom. The number of carbonyl (C=O) groups excluding carboxylic acids is 2. The standard InChI is InChI=1S/C32H56N8.C12H19I3N4O2S/c1-2-10-18-17(9-1)25-33-26(18)38-28-21-13-5-6-14-22(21)30(35-28)40-32-24-16-8-7-15-23(24)31(36-32)39-29-20-12-4-3-11-19(20)27(34-29)37-25;13-10(16)12(14,15)19-8(20)4-2-1-3-7-9-6(5-22-7)17-11(21)18-9/h17-40H,1-16H2;6-7,9-10H,1-5,16H2,(H,19,20)(H2,17,18,21)/t;6-,7-,9-,10?/m.0/s1. The number of nitrogens with two attached hydrogens (primary N) is 1. The van der Waals surface area contributed by atoms with E-state index in [1.54, 1.807) is 0 Å². The Kier molecular flexibility index (Phi) is 15.4. The fraction of sp³-hybridized carbons (Fsp3) is 0.955. The van der Waals surface area contributed by atoms with Gasteiger partial charge in [0.2, 0.25) is 5.91 Å². The second-order valence-corrected chi connectivity index (χ2v) is 29.1. The van der Waals surface area contributed by atoms with E-state index in [-0.39, 0.29) is 28.1 Å². The van der Waals surface area contributed by atoms with Gasteiger partial charge >= 0.3 is 6.03 Å². The maximum absolute atomic E-state index is 11.9. The van der Waals surface area contributed by atoms with Crippen molar-refractivity contribution in [1.82, 2.24) is 58.5 Å². The maximum Gasteiger partial charge on any atom is 0.315 e. The molecular formula is C44H75I3N12O2S. The average Bonchev–Trinajstić information content (AvgIpc) is 4.12. The summed E-state index contributed by atoms with van der Waals surface area (Å²) in [7, 11) is 0. The summed E-state index contributed by atoms with van der Waals surface area (Å²) in [5, 5.41) is 43.1. The molecule has 4 aliphatic carbocycles. The number of hydrogen-bond acceptors (Lipinski definition) is 12. The monoisotopic (exact) mass is 1220 g/mol. The average molecular weight is 1220 g/mol. The van der Waals surface area contributed by atoms with E-state index in [4.69, 9.17) is 5.73 Å². The van der Waals surface area contributed by atoms with Gasteiger partial charge < -0.3 is 21.7 Å². The molecule has 12 atom stereocenters. The van der Waals surface area contributed by atoms with Gasteiger partial charge in [-0.15, -0.1) is 0 Å². The minimum atomic E-state index is -0.443. The van der Waals surface area contributed by atoms with Gasteiger partial charge in [-0.3, -0.25) is 47.3 Å². The molecule has 11 rings (SSSR count). The molecule has 7 heterocycles. The molecule has 13 N–H and O–H groups in total. The van der Waals surface area contributed by atoms with Gasteiger partial charge in [0, 0.05) is 17.4 Å². The number of urea groups is 1. The maximum atomic E-state index is 11.9. The molecule has 62 heavy (non-hydrogen) atoms.